The summed E-state index contributed by atoms with van der Waals surface area (Å²) in [6, 6.07) is 7.28. The summed E-state index contributed by atoms with van der Waals surface area (Å²) in [7, 11) is 0. The standard InChI is InChI=1S/C18H20N4O3/c23-17(20-13-6-7-15-16(10-13)25-11-24-15)14-8-9-19-18(22-14)21-12-4-2-1-3-5-12/h6-10,12H,1-5,11H2,(H,20,23)(H,19,21,22). The molecule has 1 saturated carbocycles. The van der Waals surface area contributed by atoms with Crippen LogP contribution in [0.1, 0.15) is 42.6 Å². The third-order valence-corrected chi connectivity index (χ3v) is 4.46. The second kappa shape index (κ2) is 6.96. The Kier molecular flexibility index (Phi) is 4.37. The van der Waals surface area contributed by atoms with Gasteiger partial charge in [-0.2, -0.15) is 0 Å². The van der Waals surface area contributed by atoms with E-state index < -0.39 is 0 Å². The minimum atomic E-state index is -0.284. The van der Waals surface area contributed by atoms with Gasteiger partial charge in [-0.05, 0) is 31.0 Å². The lowest BCUT2D eigenvalue weighted by atomic mass is 9.96. The second-order valence-corrected chi connectivity index (χ2v) is 6.27. The molecule has 1 fully saturated rings. The third-order valence-electron chi connectivity index (χ3n) is 4.46. The minimum absolute atomic E-state index is 0.203. The van der Waals surface area contributed by atoms with Crippen LogP contribution >= 0.6 is 0 Å². The number of fused-ring (bicyclic) bond motifs is 1. The smallest absolute Gasteiger partial charge is 0.274 e. The average molecular weight is 340 g/mol. The summed E-state index contributed by atoms with van der Waals surface area (Å²) < 4.78 is 10.6. The van der Waals surface area contributed by atoms with Gasteiger partial charge in [0.2, 0.25) is 12.7 Å². The number of benzene rings is 1. The van der Waals surface area contributed by atoms with Gasteiger partial charge in [-0.25, -0.2) is 9.97 Å². The van der Waals surface area contributed by atoms with Crippen molar-refractivity contribution in [1.82, 2.24) is 9.97 Å². The quantitative estimate of drug-likeness (QED) is 0.889. The highest BCUT2D eigenvalue weighted by molar-refractivity contribution is 6.03. The van der Waals surface area contributed by atoms with Gasteiger partial charge in [0.05, 0.1) is 0 Å². The highest BCUT2D eigenvalue weighted by Gasteiger charge is 2.17. The summed E-state index contributed by atoms with van der Waals surface area (Å²) in [5.74, 6) is 1.53. The Hall–Kier alpha value is -2.83. The molecular weight excluding hydrogens is 320 g/mol. The van der Waals surface area contributed by atoms with E-state index in [4.69, 9.17) is 9.47 Å². The molecule has 1 aliphatic carbocycles. The average Bonchev–Trinajstić information content (AvgIpc) is 3.10. The van der Waals surface area contributed by atoms with Crippen LogP contribution in [0.5, 0.6) is 11.5 Å². The summed E-state index contributed by atoms with van der Waals surface area (Å²) in [5, 5.41) is 6.16. The van der Waals surface area contributed by atoms with E-state index in [9.17, 15) is 4.79 Å². The highest BCUT2D eigenvalue weighted by Crippen LogP contribution is 2.34. The van der Waals surface area contributed by atoms with Crippen molar-refractivity contribution in [2.45, 2.75) is 38.1 Å². The van der Waals surface area contributed by atoms with E-state index in [2.05, 4.69) is 20.6 Å². The van der Waals surface area contributed by atoms with Crippen molar-refractivity contribution in [3.63, 3.8) is 0 Å². The lowest BCUT2D eigenvalue weighted by molar-refractivity contribution is 0.102. The topological polar surface area (TPSA) is 85.4 Å². The number of hydrogen-bond donors (Lipinski definition) is 2. The molecule has 0 bridgehead atoms. The van der Waals surface area contributed by atoms with Crippen LogP contribution in [-0.4, -0.2) is 28.7 Å². The maximum absolute atomic E-state index is 12.5. The summed E-state index contributed by atoms with van der Waals surface area (Å²) in [6.45, 7) is 0.203. The summed E-state index contributed by atoms with van der Waals surface area (Å²) in [5.41, 5.74) is 0.959. The molecule has 1 amide bonds. The lowest BCUT2D eigenvalue weighted by Crippen LogP contribution is -2.24. The van der Waals surface area contributed by atoms with E-state index in [-0.39, 0.29) is 12.7 Å². The minimum Gasteiger partial charge on any atom is -0.454 e. The first-order valence-electron chi connectivity index (χ1n) is 8.58. The van der Waals surface area contributed by atoms with E-state index in [1.54, 1.807) is 30.5 Å². The number of anilines is 2. The number of aromatic nitrogens is 2. The van der Waals surface area contributed by atoms with Crippen LogP contribution in [0.3, 0.4) is 0 Å². The molecule has 130 valence electrons. The van der Waals surface area contributed by atoms with E-state index in [1.165, 1.54) is 19.3 Å². The van der Waals surface area contributed by atoms with Gasteiger partial charge >= 0.3 is 0 Å². The van der Waals surface area contributed by atoms with Crippen molar-refractivity contribution < 1.29 is 14.3 Å². The molecule has 2 heterocycles. The molecule has 0 atom stereocenters. The zero-order valence-corrected chi connectivity index (χ0v) is 13.8. The number of nitrogens with zero attached hydrogens (tertiary/aromatic N) is 2. The van der Waals surface area contributed by atoms with Crippen molar-refractivity contribution >= 4 is 17.5 Å². The molecule has 2 N–H and O–H groups in total. The van der Waals surface area contributed by atoms with Gasteiger partial charge in [0.15, 0.2) is 11.5 Å². The number of amides is 1. The maximum atomic E-state index is 12.5. The monoisotopic (exact) mass is 340 g/mol. The molecular formula is C18H20N4O3. The first kappa shape index (κ1) is 15.7. The molecule has 25 heavy (non-hydrogen) atoms. The third kappa shape index (κ3) is 3.65. The highest BCUT2D eigenvalue weighted by atomic mass is 16.7. The van der Waals surface area contributed by atoms with E-state index in [1.807, 2.05) is 0 Å². The number of nitrogens with one attached hydrogen (secondary N) is 2. The van der Waals surface area contributed by atoms with Crippen molar-refractivity contribution in [3.8, 4) is 11.5 Å². The second-order valence-electron chi connectivity index (χ2n) is 6.27. The van der Waals surface area contributed by atoms with Gasteiger partial charge in [0, 0.05) is 24.0 Å². The Morgan fingerprint density at radius 3 is 2.80 bits per heavy atom. The molecule has 7 nitrogen and oxygen atoms in total. The zero-order valence-electron chi connectivity index (χ0n) is 13.8. The van der Waals surface area contributed by atoms with Crippen LogP contribution in [0.15, 0.2) is 30.5 Å². The molecule has 1 aliphatic heterocycles. The number of rotatable bonds is 4. The Morgan fingerprint density at radius 2 is 1.92 bits per heavy atom. The molecule has 1 aromatic carbocycles. The molecule has 2 aliphatic rings. The number of hydrogen-bond acceptors (Lipinski definition) is 6. The van der Waals surface area contributed by atoms with E-state index >= 15 is 0 Å². The summed E-state index contributed by atoms with van der Waals surface area (Å²) in [6.07, 6.45) is 7.58. The van der Waals surface area contributed by atoms with Crippen LogP contribution in [0.2, 0.25) is 0 Å². The molecule has 7 heteroatoms. The fourth-order valence-corrected chi connectivity index (χ4v) is 3.15. The predicted molar refractivity (Wildman–Crippen MR) is 93.0 cm³/mol. The fourth-order valence-electron chi connectivity index (χ4n) is 3.15. The van der Waals surface area contributed by atoms with Crippen molar-refractivity contribution in [2.75, 3.05) is 17.4 Å². The number of carbonyl (C=O) groups excluding carboxylic acids is 1. The fraction of sp³-hybridized carbons (Fsp3) is 0.389. The van der Waals surface area contributed by atoms with Crippen LogP contribution < -0.4 is 20.1 Å². The molecule has 4 rings (SSSR count). The summed E-state index contributed by atoms with van der Waals surface area (Å²) in [4.78, 5) is 21.0. The Balaban J connectivity index is 1.43. The SMILES string of the molecule is O=C(Nc1ccc2c(c1)OCO2)c1ccnc(NC2CCCCC2)n1. The Labute approximate surface area is 145 Å². The van der Waals surface area contributed by atoms with Gasteiger partial charge in [0.25, 0.3) is 5.91 Å². The van der Waals surface area contributed by atoms with Crippen LogP contribution in [-0.2, 0) is 0 Å². The van der Waals surface area contributed by atoms with Crippen LogP contribution in [0, 0.1) is 0 Å². The van der Waals surface area contributed by atoms with Gasteiger partial charge in [-0.1, -0.05) is 19.3 Å². The van der Waals surface area contributed by atoms with Crippen molar-refractivity contribution in [1.29, 1.82) is 0 Å². The predicted octanol–water partition coefficient (Wildman–Crippen LogP) is 3.20. The molecule has 0 unspecified atom stereocenters. The zero-order chi connectivity index (χ0) is 17.1. The first-order chi connectivity index (χ1) is 12.3. The molecule has 1 aromatic heterocycles. The van der Waals surface area contributed by atoms with Gasteiger partial charge < -0.3 is 20.1 Å². The first-order valence-corrected chi connectivity index (χ1v) is 8.58. The number of ether oxygens (including phenoxy) is 2. The number of carbonyl (C=O) groups is 1. The largest absolute Gasteiger partial charge is 0.454 e. The van der Waals surface area contributed by atoms with Crippen molar-refractivity contribution in [3.05, 3.63) is 36.2 Å². The Bertz CT molecular complexity index is 775. The lowest BCUT2D eigenvalue weighted by Gasteiger charge is -2.22. The maximum Gasteiger partial charge on any atom is 0.274 e. The van der Waals surface area contributed by atoms with Gasteiger partial charge in [-0.15, -0.1) is 0 Å². The van der Waals surface area contributed by atoms with Crippen LogP contribution in [0.25, 0.3) is 0 Å². The molecule has 0 radical (unpaired) electrons. The van der Waals surface area contributed by atoms with E-state index in [0.29, 0.717) is 34.9 Å². The van der Waals surface area contributed by atoms with Crippen LogP contribution in [0.4, 0.5) is 11.6 Å². The Morgan fingerprint density at radius 1 is 1.08 bits per heavy atom. The molecule has 0 saturated heterocycles. The summed E-state index contributed by atoms with van der Waals surface area (Å²) >= 11 is 0. The van der Waals surface area contributed by atoms with E-state index in [0.717, 1.165) is 12.8 Å². The van der Waals surface area contributed by atoms with Crippen molar-refractivity contribution in [2.24, 2.45) is 0 Å². The molecule has 2 aromatic rings. The molecule has 0 spiro atoms. The van der Waals surface area contributed by atoms with Gasteiger partial charge in [-0.3, -0.25) is 4.79 Å². The van der Waals surface area contributed by atoms with Gasteiger partial charge in [0.1, 0.15) is 5.69 Å². The normalized spacial score (nSPS) is 16.5.